The molecule has 0 spiro atoms. The van der Waals surface area contributed by atoms with Crippen LogP contribution in [0, 0.1) is 0 Å². The van der Waals surface area contributed by atoms with Gasteiger partial charge in [0.25, 0.3) is 5.91 Å². The molecular formula is C32H42N4O9S2. The van der Waals surface area contributed by atoms with Crippen LogP contribution in [0.15, 0.2) is 51.8 Å². The summed E-state index contributed by atoms with van der Waals surface area (Å²) < 4.78 is 67.7. The third-order valence-corrected chi connectivity index (χ3v) is 11.6. The minimum absolute atomic E-state index is 0.0282. The molecule has 0 fully saturated rings. The summed E-state index contributed by atoms with van der Waals surface area (Å²) in [5.74, 6) is -0.952. The number of carbonyl (C=O) groups is 2. The van der Waals surface area contributed by atoms with E-state index in [-0.39, 0.29) is 40.6 Å². The summed E-state index contributed by atoms with van der Waals surface area (Å²) >= 11 is 0. The topological polar surface area (TPSA) is 175 Å². The van der Waals surface area contributed by atoms with Crippen LogP contribution in [0.5, 0.6) is 5.75 Å². The highest BCUT2D eigenvalue weighted by Gasteiger charge is 2.41. The van der Waals surface area contributed by atoms with Crippen LogP contribution in [-0.2, 0) is 40.5 Å². The molecule has 15 heteroatoms. The summed E-state index contributed by atoms with van der Waals surface area (Å²) in [4.78, 5) is 28.0. The predicted octanol–water partition coefficient (Wildman–Crippen LogP) is 4.80. The fourth-order valence-electron chi connectivity index (χ4n) is 4.77. The Morgan fingerprint density at radius 1 is 1.06 bits per heavy atom. The maximum Gasteiger partial charge on any atom is 0.408 e. The Hall–Kier alpha value is -3.98. The molecule has 1 aliphatic rings. The van der Waals surface area contributed by atoms with Gasteiger partial charge in [0.2, 0.25) is 11.8 Å². The molecule has 1 N–H and O–H groups in total. The Morgan fingerprint density at radius 2 is 1.70 bits per heavy atom. The first-order valence-corrected chi connectivity index (χ1v) is 18.8. The number of nitrogens with one attached hydrogen (secondary N) is 1. The van der Waals surface area contributed by atoms with Gasteiger partial charge in [-0.2, -0.15) is 0 Å². The molecule has 0 saturated heterocycles. The van der Waals surface area contributed by atoms with Gasteiger partial charge in [0.15, 0.2) is 19.7 Å². The third kappa shape index (κ3) is 8.12. The van der Waals surface area contributed by atoms with Crippen molar-refractivity contribution in [3.05, 3.63) is 53.9 Å². The van der Waals surface area contributed by atoms with Gasteiger partial charge < -0.3 is 24.1 Å². The highest BCUT2D eigenvalue weighted by molar-refractivity contribution is 7.92. The van der Waals surface area contributed by atoms with E-state index in [9.17, 15) is 26.4 Å². The second-order valence-corrected chi connectivity index (χ2v) is 17.5. The van der Waals surface area contributed by atoms with Crippen molar-refractivity contribution >= 4 is 37.4 Å². The number of carbonyl (C=O) groups excluding carboxylic acids is 2. The smallest absolute Gasteiger partial charge is 0.408 e. The van der Waals surface area contributed by atoms with Crippen molar-refractivity contribution in [1.82, 2.24) is 15.5 Å². The third-order valence-electron chi connectivity index (χ3n) is 7.82. The number of ether oxygens (including phenoxy) is 2. The lowest BCUT2D eigenvalue weighted by Gasteiger charge is -2.27. The lowest BCUT2D eigenvalue weighted by atomic mass is 10.1. The van der Waals surface area contributed by atoms with Gasteiger partial charge in [-0.25, -0.2) is 21.6 Å². The van der Waals surface area contributed by atoms with Crippen molar-refractivity contribution in [3.63, 3.8) is 0 Å². The normalized spacial score (nSPS) is 16.8. The molecule has 0 saturated carbocycles. The van der Waals surface area contributed by atoms with E-state index in [2.05, 4.69) is 15.5 Å². The van der Waals surface area contributed by atoms with E-state index >= 15 is 0 Å². The molecule has 256 valence electrons. The number of alkyl carbamates (subject to hydrolysis) is 1. The number of benzene rings is 2. The quantitative estimate of drug-likeness (QED) is 0.309. The standard InChI is InChI=1S/C32H42N4O9S2/c1-9-22(10-2)43-23-14-11-20(12-15-23)18-36-25-17-21(27-34-35-29(44-27)32(6,7)46(8,39)40)13-16-26(25)47(41,42)19-24(28(36)37)33-30(38)45-31(3,4)5/h11-17,22,24H,9-10,18-19H2,1-8H3,(H,33,38)/t24-/m0/s1. The monoisotopic (exact) mass is 690 g/mol. The molecule has 0 aliphatic carbocycles. The molecule has 13 nitrogen and oxygen atoms in total. The van der Waals surface area contributed by atoms with Gasteiger partial charge >= 0.3 is 6.09 Å². The zero-order chi connectivity index (χ0) is 34.9. The highest BCUT2D eigenvalue weighted by atomic mass is 32.2. The Balaban J connectivity index is 1.79. The SMILES string of the molecule is CCC(CC)Oc1ccc(CN2C(=O)[C@@H](NC(=O)OC(C)(C)C)CS(=O)(=O)c3ccc(-c4nnc(C(C)(C)S(C)(=O)=O)o4)cc32)cc1. The number of hydrogen-bond acceptors (Lipinski definition) is 11. The molecule has 0 bridgehead atoms. The van der Waals surface area contributed by atoms with Crippen LogP contribution in [0.2, 0.25) is 0 Å². The fourth-order valence-corrected chi connectivity index (χ4v) is 6.78. The number of nitrogens with zero attached hydrogens (tertiary/aromatic N) is 3. The van der Waals surface area contributed by atoms with Crippen LogP contribution >= 0.6 is 0 Å². The molecule has 4 rings (SSSR count). The molecule has 1 aliphatic heterocycles. The average Bonchev–Trinajstić information content (AvgIpc) is 3.46. The number of fused-ring (bicyclic) bond motifs is 1. The predicted molar refractivity (Wildman–Crippen MR) is 175 cm³/mol. The van der Waals surface area contributed by atoms with Crippen molar-refractivity contribution in [2.75, 3.05) is 16.9 Å². The summed E-state index contributed by atoms with van der Waals surface area (Å²) in [7, 11) is -7.77. The van der Waals surface area contributed by atoms with Crippen LogP contribution in [0.25, 0.3) is 11.5 Å². The van der Waals surface area contributed by atoms with Gasteiger partial charge in [-0.05, 0) is 83.4 Å². The molecule has 2 amide bonds. The molecule has 1 atom stereocenters. The van der Waals surface area contributed by atoms with Gasteiger partial charge in [-0.1, -0.05) is 26.0 Å². The fraction of sp³-hybridized carbons (Fsp3) is 0.500. The number of sulfone groups is 2. The molecule has 47 heavy (non-hydrogen) atoms. The number of amides is 2. The van der Waals surface area contributed by atoms with Crippen molar-refractivity contribution in [2.24, 2.45) is 0 Å². The number of hydrogen-bond donors (Lipinski definition) is 1. The van der Waals surface area contributed by atoms with E-state index in [1.54, 1.807) is 45.0 Å². The lowest BCUT2D eigenvalue weighted by Crippen LogP contribution is -2.51. The van der Waals surface area contributed by atoms with Gasteiger partial charge in [0, 0.05) is 11.8 Å². The second kappa shape index (κ2) is 13.3. The zero-order valence-electron chi connectivity index (χ0n) is 27.9. The molecule has 2 heterocycles. The number of rotatable bonds is 10. The van der Waals surface area contributed by atoms with Crippen LogP contribution < -0.4 is 15.0 Å². The average molecular weight is 691 g/mol. The highest BCUT2D eigenvalue weighted by Crippen LogP contribution is 2.37. The Kier molecular flexibility index (Phi) is 10.1. The van der Waals surface area contributed by atoms with Crippen molar-refractivity contribution in [1.29, 1.82) is 0 Å². The Bertz CT molecular complexity index is 1840. The molecule has 0 radical (unpaired) electrons. The Morgan fingerprint density at radius 3 is 2.28 bits per heavy atom. The van der Waals surface area contributed by atoms with Crippen molar-refractivity contribution in [2.45, 2.75) is 95.2 Å². The molecular weight excluding hydrogens is 649 g/mol. The Labute approximate surface area is 275 Å². The summed E-state index contributed by atoms with van der Waals surface area (Å²) in [6.07, 6.45) is 1.85. The second-order valence-electron chi connectivity index (χ2n) is 13.0. The first-order chi connectivity index (χ1) is 21.8. The minimum atomic E-state index is -4.14. The zero-order valence-corrected chi connectivity index (χ0v) is 29.5. The van der Waals surface area contributed by atoms with Gasteiger partial charge in [0.1, 0.15) is 22.1 Å². The van der Waals surface area contributed by atoms with Crippen LogP contribution in [-0.4, -0.2) is 68.8 Å². The van der Waals surface area contributed by atoms with Crippen LogP contribution in [0.1, 0.15) is 72.8 Å². The van der Waals surface area contributed by atoms with E-state index in [0.717, 1.165) is 19.1 Å². The van der Waals surface area contributed by atoms with E-state index in [0.29, 0.717) is 11.3 Å². The largest absolute Gasteiger partial charge is 0.490 e. The summed E-state index contributed by atoms with van der Waals surface area (Å²) in [5, 5.41) is 10.4. The van der Waals surface area contributed by atoms with E-state index in [1.807, 2.05) is 13.8 Å². The molecule has 3 aromatic rings. The molecule has 2 aromatic carbocycles. The van der Waals surface area contributed by atoms with Crippen LogP contribution in [0.4, 0.5) is 10.5 Å². The van der Waals surface area contributed by atoms with Crippen molar-refractivity contribution in [3.8, 4) is 17.2 Å². The van der Waals surface area contributed by atoms with Crippen LogP contribution in [0.3, 0.4) is 0 Å². The summed E-state index contributed by atoms with van der Waals surface area (Å²) in [5.41, 5.74) is 0.0611. The number of aromatic nitrogens is 2. The van der Waals surface area contributed by atoms with Gasteiger partial charge in [0.05, 0.1) is 29.0 Å². The van der Waals surface area contributed by atoms with E-state index in [1.165, 1.54) is 36.9 Å². The van der Waals surface area contributed by atoms with Gasteiger partial charge in [-0.15, -0.1) is 10.2 Å². The first kappa shape index (κ1) is 35.9. The van der Waals surface area contributed by atoms with E-state index < -0.39 is 53.8 Å². The van der Waals surface area contributed by atoms with Crippen molar-refractivity contribution < 1.29 is 40.3 Å². The maximum absolute atomic E-state index is 14.1. The summed E-state index contributed by atoms with van der Waals surface area (Å²) in [6, 6.07) is 9.85. The molecule has 0 unspecified atom stereocenters. The van der Waals surface area contributed by atoms with Gasteiger partial charge in [-0.3, -0.25) is 4.79 Å². The summed E-state index contributed by atoms with van der Waals surface area (Å²) in [6.45, 7) is 11.8. The maximum atomic E-state index is 14.1. The number of anilines is 1. The van der Waals surface area contributed by atoms with E-state index in [4.69, 9.17) is 13.9 Å². The molecule has 1 aromatic heterocycles. The lowest BCUT2D eigenvalue weighted by molar-refractivity contribution is -0.120. The first-order valence-electron chi connectivity index (χ1n) is 15.2. The minimum Gasteiger partial charge on any atom is -0.490 e.